The molecule has 0 unspecified atom stereocenters. The summed E-state index contributed by atoms with van der Waals surface area (Å²) in [6.45, 7) is 2.06. The Bertz CT molecular complexity index is 813. The molecule has 0 fully saturated rings. The second kappa shape index (κ2) is 5.61. The number of benzene rings is 2. The van der Waals surface area contributed by atoms with Gasteiger partial charge in [-0.15, -0.1) is 11.3 Å². The summed E-state index contributed by atoms with van der Waals surface area (Å²) >= 11 is 1.61. The SMILES string of the molecule is CCc1nc2ccc(NC(=O)c3cccc(F)c3)cc2s1. The molecule has 0 atom stereocenters. The number of nitrogens with zero attached hydrogens (tertiary/aromatic N) is 1. The van der Waals surface area contributed by atoms with Gasteiger partial charge in [0.2, 0.25) is 0 Å². The van der Waals surface area contributed by atoms with Crippen molar-refractivity contribution in [1.82, 2.24) is 4.98 Å². The third kappa shape index (κ3) is 2.92. The van der Waals surface area contributed by atoms with Crippen molar-refractivity contribution in [2.45, 2.75) is 13.3 Å². The first-order valence-corrected chi connectivity index (χ1v) is 7.44. The molecule has 0 radical (unpaired) electrons. The number of aromatic nitrogens is 1. The van der Waals surface area contributed by atoms with E-state index < -0.39 is 5.82 Å². The van der Waals surface area contributed by atoms with E-state index in [1.807, 2.05) is 12.1 Å². The number of thiazole rings is 1. The minimum absolute atomic E-state index is 0.300. The van der Waals surface area contributed by atoms with Gasteiger partial charge in [-0.25, -0.2) is 9.37 Å². The fourth-order valence-electron chi connectivity index (χ4n) is 2.03. The van der Waals surface area contributed by atoms with Crippen LogP contribution < -0.4 is 5.32 Å². The second-order valence-corrected chi connectivity index (χ2v) is 5.72. The summed E-state index contributed by atoms with van der Waals surface area (Å²) in [6, 6.07) is 11.2. The molecule has 3 aromatic rings. The summed E-state index contributed by atoms with van der Waals surface area (Å²) in [6.07, 6.45) is 0.893. The van der Waals surface area contributed by atoms with Crippen molar-refractivity contribution in [1.29, 1.82) is 0 Å². The maximum atomic E-state index is 13.1. The first-order chi connectivity index (χ1) is 10.2. The Hall–Kier alpha value is -2.27. The smallest absolute Gasteiger partial charge is 0.255 e. The molecule has 1 N–H and O–H groups in total. The quantitative estimate of drug-likeness (QED) is 0.785. The molecule has 0 aliphatic carbocycles. The van der Waals surface area contributed by atoms with Crippen molar-refractivity contribution >= 4 is 33.1 Å². The molecule has 5 heteroatoms. The zero-order valence-corrected chi connectivity index (χ0v) is 12.2. The van der Waals surface area contributed by atoms with Crippen LogP contribution >= 0.6 is 11.3 Å². The van der Waals surface area contributed by atoms with Crippen LogP contribution in [0.1, 0.15) is 22.3 Å². The molecule has 1 heterocycles. The predicted molar refractivity (Wildman–Crippen MR) is 83.4 cm³/mol. The van der Waals surface area contributed by atoms with Crippen LogP contribution in [0.25, 0.3) is 10.2 Å². The summed E-state index contributed by atoms with van der Waals surface area (Å²) < 4.78 is 14.2. The summed E-state index contributed by atoms with van der Waals surface area (Å²) in [4.78, 5) is 16.6. The van der Waals surface area contributed by atoms with E-state index in [0.29, 0.717) is 11.3 Å². The lowest BCUT2D eigenvalue weighted by atomic mass is 10.2. The molecule has 3 rings (SSSR count). The van der Waals surface area contributed by atoms with Crippen LogP contribution in [0.4, 0.5) is 10.1 Å². The molecule has 1 amide bonds. The fourth-order valence-corrected chi connectivity index (χ4v) is 2.98. The maximum Gasteiger partial charge on any atom is 0.255 e. The van der Waals surface area contributed by atoms with Crippen LogP contribution in [0.15, 0.2) is 42.5 Å². The highest BCUT2D eigenvalue weighted by molar-refractivity contribution is 7.18. The van der Waals surface area contributed by atoms with E-state index in [1.54, 1.807) is 23.5 Å². The molecular formula is C16H13FN2OS. The van der Waals surface area contributed by atoms with E-state index in [4.69, 9.17) is 0 Å². The van der Waals surface area contributed by atoms with Gasteiger partial charge in [0, 0.05) is 11.3 Å². The molecule has 3 nitrogen and oxygen atoms in total. The number of carbonyl (C=O) groups excluding carboxylic acids is 1. The Morgan fingerprint density at radius 3 is 2.90 bits per heavy atom. The number of halogens is 1. The van der Waals surface area contributed by atoms with Crippen molar-refractivity contribution in [2.24, 2.45) is 0 Å². The highest BCUT2D eigenvalue weighted by atomic mass is 32.1. The van der Waals surface area contributed by atoms with E-state index in [1.165, 1.54) is 18.2 Å². The lowest BCUT2D eigenvalue weighted by Crippen LogP contribution is -2.11. The lowest BCUT2D eigenvalue weighted by molar-refractivity contribution is 0.102. The Kier molecular flexibility index (Phi) is 3.66. The summed E-state index contributed by atoms with van der Waals surface area (Å²) in [5, 5.41) is 3.85. The third-order valence-corrected chi connectivity index (χ3v) is 4.24. The monoisotopic (exact) mass is 300 g/mol. The maximum absolute atomic E-state index is 13.1. The molecule has 0 aliphatic heterocycles. The third-order valence-electron chi connectivity index (χ3n) is 3.08. The number of fused-ring (bicyclic) bond motifs is 1. The molecule has 21 heavy (non-hydrogen) atoms. The molecular weight excluding hydrogens is 287 g/mol. The largest absolute Gasteiger partial charge is 0.322 e. The number of rotatable bonds is 3. The molecule has 1 aromatic heterocycles. The Morgan fingerprint density at radius 2 is 2.14 bits per heavy atom. The van der Waals surface area contributed by atoms with Crippen LogP contribution in [-0.2, 0) is 6.42 Å². The van der Waals surface area contributed by atoms with Crippen molar-refractivity contribution in [3.05, 3.63) is 58.9 Å². The van der Waals surface area contributed by atoms with Crippen LogP contribution in [0.2, 0.25) is 0 Å². The lowest BCUT2D eigenvalue weighted by Gasteiger charge is -2.05. The van der Waals surface area contributed by atoms with Crippen molar-refractivity contribution < 1.29 is 9.18 Å². The van der Waals surface area contributed by atoms with E-state index in [-0.39, 0.29) is 5.91 Å². The average molecular weight is 300 g/mol. The molecule has 0 saturated heterocycles. The minimum atomic E-state index is -0.423. The number of carbonyl (C=O) groups is 1. The number of hydrogen-bond acceptors (Lipinski definition) is 3. The Balaban J connectivity index is 1.85. The van der Waals surface area contributed by atoms with Crippen LogP contribution in [0.3, 0.4) is 0 Å². The molecule has 0 bridgehead atoms. The van der Waals surface area contributed by atoms with Crippen molar-refractivity contribution in [3.8, 4) is 0 Å². The van der Waals surface area contributed by atoms with E-state index in [9.17, 15) is 9.18 Å². The van der Waals surface area contributed by atoms with Gasteiger partial charge in [0.1, 0.15) is 5.82 Å². The molecule has 0 spiro atoms. The highest BCUT2D eigenvalue weighted by Crippen LogP contribution is 2.25. The molecule has 2 aromatic carbocycles. The van der Waals surface area contributed by atoms with Gasteiger partial charge in [-0.3, -0.25) is 4.79 Å². The molecule has 0 aliphatic rings. The summed E-state index contributed by atoms with van der Waals surface area (Å²) in [5.74, 6) is -0.748. The Morgan fingerprint density at radius 1 is 1.29 bits per heavy atom. The van der Waals surface area contributed by atoms with Gasteiger partial charge in [0.25, 0.3) is 5.91 Å². The van der Waals surface area contributed by atoms with Gasteiger partial charge in [-0.2, -0.15) is 0 Å². The first-order valence-electron chi connectivity index (χ1n) is 6.62. The van der Waals surface area contributed by atoms with Gasteiger partial charge in [0.15, 0.2) is 0 Å². The van der Waals surface area contributed by atoms with Gasteiger partial charge < -0.3 is 5.32 Å². The van der Waals surface area contributed by atoms with Gasteiger partial charge in [0.05, 0.1) is 15.2 Å². The average Bonchev–Trinajstić information content (AvgIpc) is 2.89. The van der Waals surface area contributed by atoms with Crippen molar-refractivity contribution in [2.75, 3.05) is 5.32 Å². The normalized spacial score (nSPS) is 10.8. The number of nitrogens with one attached hydrogen (secondary N) is 1. The minimum Gasteiger partial charge on any atom is -0.322 e. The summed E-state index contributed by atoms with van der Waals surface area (Å²) in [7, 11) is 0. The van der Waals surface area contributed by atoms with Crippen molar-refractivity contribution in [3.63, 3.8) is 0 Å². The standard InChI is InChI=1S/C16H13FN2OS/c1-2-15-19-13-7-6-12(9-14(13)21-15)18-16(20)10-4-3-5-11(17)8-10/h3-9H,2H2,1H3,(H,18,20). The topological polar surface area (TPSA) is 42.0 Å². The second-order valence-electron chi connectivity index (χ2n) is 4.61. The predicted octanol–water partition coefficient (Wildman–Crippen LogP) is 4.25. The van der Waals surface area contributed by atoms with Crippen LogP contribution in [0.5, 0.6) is 0 Å². The number of hydrogen-bond donors (Lipinski definition) is 1. The van der Waals surface area contributed by atoms with Gasteiger partial charge in [-0.05, 0) is 42.8 Å². The van der Waals surface area contributed by atoms with Gasteiger partial charge in [-0.1, -0.05) is 13.0 Å². The highest BCUT2D eigenvalue weighted by Gasteiger charge is 2.08. The zero-order chi connectivity index (χ0) is 14.8. The Labute approximate surface area is 125 Å². The van der Waals surface area contributed by atoms with Crippen LogP contribution in [0, 0.1) is 5.82 Å². The number of anilines is 1. The molecule has 0 saturated carbocycles. The molecule has 106 valence electrons. The number of amides is 1. The van der Waals surface area contributed by atoms with E-state index >= 15 is 0 Å². The first kappa shape index (κ1) is 13.7. The zero-order valence-electron chi connectivity index (χ0n) is 11.4. The van der Waals surface area contributed by atoms with E-state index in [0.717, 1.165) is 21.6 Å². The van der Waals surface area contributed by atoms with E-state index in [2.05, 4.69) is 17.2 Å². The summed E-state index contributed by atoms with van der Waals surface area (Å²) in [5.41, 5.74) is 1.91. The number of aryl methyl sites for hydroxylation is 1. The fraction of sp³-hybridized carbons (Fsp3) is 0.125. The van der Waals surface area contributed by atoms with Crippen LogP contribution in [-0.4, -0.2) is 10.9 Å². The van der Waals surface area contributed by atoms with Gasteiger partial charge >= 0.3 is 0 Å².